The van der Waals surface area contributed by atoms with Gasteiger partial charge in [0.05, 0.1) is 0 Å². The van der Waals surface area contributed by atoms with Gasteiger partial charge in [-0.3, -0.25) is 24.2 Å². The molecule has 16 heteroatoms. The Labute approximate surface area is 246 Å². The molecule has 1 saturated carbocycles. The maximum Gasteiger partial charge on any atom is 0.352 e. The van der Waals surface area contributed by atoms with Crippen LogP contribution < -0.4 is 16.0 Å². The number of rotatable bonds is 8. The molecule has 3 amide bonds. The summed E-state index contributed by atoms with van der Waals surface area (Å²) in [4.78, 5) is 68.4. The van der Waals surface area contributed by atoms with Crippen molar-refractivity contribution in [3.05, 3.63) is 45.6 Å². The zero-order valence-electron chi connectivity index (χ0n) is 21.5. The lowest BCUT2D eigenvalue weighted by molar-refractivity contribution is -0.150. The number of hydrogen-bond acceptors (Lipinski definition) is 12. The Bertz CT molecular complexity index is 1490. The molecule has 3 fully saturated rings. The minimum absolute atomic E-state index is 0.0964. The molecule has 6 rings (SSSR count). The highest BCUT2D eigenvalue weighted by molar-refractivity contribution is 8.00. The van der Waals surface area contributed by atoms with E-state index in [9.17, 15) is 24.3 Å². The predicted octanol–water partition coefficient (Wildman–Crippen LogP) is 1.95. The molecule has 4 aliphatic rings. The maximum atomic E-state index is 13.3. The van der Waals surface area contributed by atoms with Crippen LogP contribution in [0.2, 0.25) is 0 Å². The first-order valence-corrected chi connectivity index (χ1v) is 15.7. The predicted molar refractivity (Wildman–Crippen MR) is 153 cm³/mol. The molecule has 2 saturated heterocycles. The molecule has 13 nitrogen and oxygen atoms in total. The Morgan fingerprint density at radius 2 is 2.05 bits per heavy atom. The van der Waals surface area contributed by atoms with Gasteiger partial charge in [0.15, 0.2) is 16.0 Å². The summed E-state index contributed by atoms with van der Waals surface area (Å²) in [6.07, 6.45) is 7.24. The van der Waals surface area contributed by atoms with Crippen molar-refractivity contribution in [1.82, 2.24) is 20.2 Å². The van der Waals surface area contributed by atoms with Crippen LogP contribution in [0.25, 0.3) is 0 Å². The van der Waals surface area contributed by atoms with Crippen molar-refractivity contribution in [3.63, 3.8) is 0 Å². The average molecular weight is 616 g/mol. The maximum absolute atomic E-state index is 13.3. The second-order valence-corrected chi connectivity index (χ2v) is 12.6. The number of nitrogens with one attached hydrogen (secondary N) is 1. The summed E-state index contributed by atoms with van der Waals surface area (Å²) >= 11 is 3.80. The van der Waals surface area contributed by atoms with Crippen molar-refractivity contribution in [3.8, 4) is 0 Å². The van der Waals surface area contributed by atoms with Crippen molar-refractivity contribution in [2.45, 2.75) is 49.6 Å². The van der Waals surface area contributed by atoms with Gasteiger partial charge in [-0.2, -0.15) is 0 Å². The summed E-state index contributed by atoms with van der Waals surface area (Å²) in [6, 6.07) is -0.975. The van der Waals surface area contributed by atoms with Crippen molar-refractivity contribution in [2.75, 3.05) is 22.9 Å². The summed E-state index contributed by atoms with van der Waals surface area (Å²) < 4.78 is 0. The Balaban J connectivity index is 1.20. The number of aliphatic carboxylic acids is 1. The Morgan fingerprint density at radius 1 is 1.24 bits per heavy atom. The van der Waals surface area contributed by atoms with Gasteiger partial charge < -0.3 is 21.0 Å². The lowest BCUT2D eigenvalue weighted by Gasteiger charge is -2.49. The van der Waals surface area contributed by atoms with E-state index in [-0.39, 0.29) is 40.0 Å². The number of allylic oxidation sites excluding steroid dienone is 1. The molecule has 4 N–H and O–H groups in total. The van der Waals surface area contributed by atoms with E-state index in [0.29, 0.717) is 29.2 Å². The standard InChI is InChI=1S/C25H25N7O6S3/c26-24-28-15(11-41-24)16(30-38-14-3-1-2-4-14)19(33)29-17-21(35)32-18(23(36)37)13(10-40-22(17)32)9-12-5-7-31(20(12)34)25-27-6-8-39-25/h6,8-9,11,14,17,22H,1-5,7,10H2,(H2,26,28)(H,29,33)(H,36,37)/b12-9?,30-16-/t17-,22-/m1/s1. The second-order valence-electron chi connectivity index (χ2n) is 9.75. The lowest BCUT2D eigenvalue weighted by atomic mass is 10.0. The minimum Gasteiger partial charge on any atom is -0.477 e. The molecule has 2 aromatic rings. The summed E-state index contributed by atoms with van der Waals surface area (Å²) in [6.45, 7) is 0.444. The third-order valence-corrected chi connectivity index (χ3v) is 9.96. The molecular formula is C25H25N7O6S3. The summed E-state index contributed by atoms with van der Waals surface area (Å²) in [7, 11) is 0. The number of β-lactam (4-membered cyclic amide) rings is 1. The van der Waals surface area contributed by atoms with Crippen molar-refractivity contribution in [2.24, 2.45) is 5.16 Å². The van der Waals surface area contributed by atoms with E-state index in [4.69, 9.17) is 10.6 Å². The zero-order chi connectivity index (χ0) is 28.7. The first-order chi connectivity index (χ1) is 19.8. The average Bonchev–Trinajstić information content (AvgIpc) is 3.77. The molecule has 1 aliphatic carbocycles. The molecule has 214 valence electrons. The first kappa shape index (κ1) is 27.4. The van der Waals surface area contributed by atoms with Gasteiger partial charge in [-0.15, -0.1) is 34.4 Å². The van der Waals surface area contributed by atoms with Gasteiger partial charge in [0.25, 0.3) is 17.7 Å². The van der Waals surface area contributed by atoms with Crippen molar-refractivity contribution < 1.29 is 29.1 Å². The Hall–Kier alpha value is -3.76. The van der Waals surface area contributed by atoms with Gasteiger partial charge in [0.1, 0.15) is 28.9 Å². The smallest absolute Gasteiger partial charge is 0.352 e. The first-order valence-electron chi connectivity index (χ1n) is 12.9. The van der Waals surface area contributed by atoms with E-state index in [1.54, 1.807) is 27.9 Å². The molecule has 41 heavy (non-hydrogen) atoms. The molecular weight excluding hydrogens is 591 g/mol. The van der Waals surface area contributed by atoms with Crippen LogP contribution in [0.1, 0.15) is 37.8 Å². The van der Waals surface area contributed by atoms with Crippen LogP contribution in [-0.4, -0.2) is 79.2 Å². The van der Waals surface area contributed by atoms with Crippen LogP contribution in [0.5, 0.6) is 0 Å². The fourth-order valence-electron chi connectivity index (χ4n) is 5.18. The van der Waals surface area contributed by atoms with Crippen LogP contribution in [0.3, 0.4) is 0 Å². The molecule has 0 spiro atoms. The van der Waals surface area contributed by atoms with Crippen molar-refractivity contribution in [1.29, 1.82) is 0 Å². The van der Waals surface area contributed by atoms with E-state index in [2.05, 4.69) is 20.4 Å². The number of carboxylic acid groups (broad SMARTS) is 1. The molecule has 0 unspecified atom stereocenters. The number of hydrogen-bond donors (Lipinski definition) is 3. The number of carboxylic acids is 1. The van der Waals surface area contributed by atoms with Gasteiger partial charge in [0.2, 0.25) is 0 Å². The van der Waals surface area contributed by atoms with Gasteiger partial charge >= 0.3 is 5.97 Å². The van der Waals surface area contributed by atoms with E-state index in [1.165, 1.54) is 28.0 Å². The molecule has 2 atom stereocenters. The monoisotopic (exact) mass is 615 g/mol. The van der Waals surface area contributed by atoms with Crippen LogP contribution >= 0.6 is 34.4 Å². The highest BCUT2D eigenvalue weighted by Gasteiger charge is 2.54. The number of thioether (sulfide) groups is 1. The highest BCUT2D eigenvalue weighted by Crippen LogP contribution is 2.41. The van der Waals surface area contributed by atoms with Crippen LogP contribution in [0.15, 0.2) is 45.0 Å². The minimum atomic E-state index is -1.28. The molecule has 0 aromatic carbocycles. The topological polar surface area (TPSA) is 180 Å². The summed E-state index contributed by atoms with van der Waals surface area (Å²) in [5.41, 5.74) is 6.53. The zero-order valence-corrected chi connectivity index (χ0v) is 24.0. The van der Waals surface area contributed by atoms with Gasteiger partial charge in [-0.25, -0.2) is 14.8 Å². The SMILES string of the molecule is Nc1nc(/C(=N/OC2CCCC2)C(=O)N[C@@H]2C(=O)N3C(C(=O)O)=C(C=C4CCN(c5nccs5)C4=O)CS[C@H]23)cs1. The molecule has 0 bridgehead atoms. The van der Waals surface area contributed by atoms with E-state index < -0.39 is 29.2 Å². The third-order valence-electron chi connectivity index (χ3n) is 7.19. The normalized spacial score (nSPS) is 24.2. The number of aromatic nitrogens is 2. The largest absolute Gasteiger partial charge is 0.477 e. The Kier molecular flexibility index (Phi) is 7.52. The van der Waals surface area contributed by atoms with Gasteiger partial charge in [-0.05, 0) is 43.8 Å². The van der Waals surface area contributed by atoms with Crippen LogP contribution in [-0.2, 0) is 24.0 Å². The van der Waals surface area contributed by atoms with Gasteiger partial charge in [0, 0.05) is 34.8 Å². The van der Waals surface area contributed by atoms with Gasteiger partial charge in [-0.1, -0.05) is 5.16 Å². The van der Waals surface area contributed by atoms with E-state index in [0.717, 1.165) is 37.0 Å². The molecule has 2 aromatic heterocycles. The molecule has 5 heterocycles. The third kappa shape index (κ3) is 5.22. The number of carbonyl (C=O) groups excluding carboxylic acids is 3. The highest BCUT2D eigenvalue weighted by atomic mass is 32.2. The number of carbonyl (C=O) groups is 4. The fourth-order valence-corrected chi connectivity index (χ4v) is 7.70. The number of amides is 3. The van der Waals surface area contributed by atoms with Crippen molar-refractivity contribution >= 4 is 74.1 Å². The fraction of sp³-hybridized carbons (Fsp3) is 0.400. The van der Waals surface area contributed by atoms with E-state index >= 15 is 0 Å². The second kappa shape index (κ2) is 11.3. The van der Waals surface area contributed by atoms with Crippen LogP contribution in [0, 0.1) is 0 Å². The Morgan fingerprint density at radius 3 is 2.73 bits per heavy atom. The molecule has 3 aliphatic heterocycles. The van der Waals surface area contributed by atoms with Crippen LogP contribution in [0.4, 0.5) is 10.3 Å². The lowest BCUT2D eigenvalue weighted by Crippen LogP contribution is -2.71. The summed E-state index contributed by atoms with van der Waals surface area (Å²) in [5, 5.41) is 20.4. The summed E-state index contributed by atoms with van der Waals surface area (Å²) in [5.74, 6) is -2.52. The quantitative estimate of drug-likeness (QED) is 0.172. The number of nitrogens with two attached hydrogens (primary N) is 1. The van der Waals surface area contributed by atoms with E-state index in [1.807, 2.05) is 0 Å². The number of nitrogen functional groups attached to an aromatic ring is 1. The number of oxime groups is 1. The number of thiazole rings is 2. The molecule has 0 radical (unpaired) electrons. The number of anilines is 2. The number of fused-ring (bicyclic) bond motifs is 1. The number of nitrogens with zero attached hydrogens (tertiary/aromatic N) is 5.